The lowest BCUT2D eigenvalue weighted by Gasteiger charge is -2.06. The molecular formula is C9H10FNO3. The molecule has 76 valence electrons. The average Bonchev–Trinajstić information content (AvgIpc) is 2.09. The number of carboxylic acids is 1. The van der Waals surface area contributed by atoms with Crippen molar-refractivity contribution in [2.24, 2.45) is 5.90 Å². The zero-order valence-electron chi connectivity index (χ0n) is 7.58. The Morgan fingerprint density at radius 3 is 2.79 bits per heavy atom. The Bertz CT molecular complexity index is 365. The third-order valence-corrected chi connectivity index (χ3v) is 1.89. The summed E-state index contributed by atoms with van der Waals surface area (Å²) in [5, 5.41) is 8.64. The van der Waals surface area contributed by atoms with Gasteiger partial charge in [-0.3, -0.25) is 4.84 Å². The van der Waals surface area contributed by atoms with E-state index in [1.54, 1.807) is 6.92 Å². The van der Waals surface area contributed by atoms with Gasteiger partial charge in [0, 0.05) is 0 Å². The molecule has 0 heterocycles. The van der Waals surface area contributed by atoms with Crippen LogP contribution in [0.15, 0.2) is 12.1 Å². The van der Waals surface area contributed by atoms with E-state index in [0.717, 1.165) is 6.07 Å². The average molecular weight is 199 g/mol. The first kappa shape index (κ1) is 10.6. The van der Waals surface area contributed by atoms with Gasteiger partial charge >= 0.3 is 5.97 Å². The Balaban J connectivity index is 3.20. The highest BCUT2D eigenvalue weighted by molar-refractivity contribution is 5.88. The maximum atomic E-state index is 13.1. The maximum Gasteiger partial charge on any atom is 0.338 e. The molecular weight excluding hydrogens is 189 g/mol. The van der Waals surface area contributed by atoms with Gasteiger partial charge < -0.3 is 5.11 Å². The van der Waals surface area contributed by atoms with Crippen molar-refractivity contribution in [3.8, 4) is 0 Å². The van der Waals surface area contributed by atoms with E-state index in [-0.39, 0.29) is 12.2 Å². The van der Waals surface area contributed by atoms with Crippen LogP contribution in [0, 0.1) is 12.7 Å². The van der Waals surface area contributed by atoms with E-state index in [0.29, 0.717) is 11.1 Å². The molecule has 0 unspecified atom stereocenters. The SMILES string of the molecule is Cc1cc(F)c(C(=O)O)cc1CON. The first-order valence-corrected chi connectivity index (χ1v) is 3.90. The fourth-order valence-electron chi connectivity index (χ4n) is 1.13. The molecule has 1 aromatic rings. The van der Waals surface area contributed by atoms with Crippen molar-refractivity contribution >= 4 is 5.97 Å². The molecule has 0 fully saturated rings. The van der Waals surface area contributed by atoms with Gasteiger partial charge in [0.15, 0.2) is 0 Å². The largest absolute Gasteiger partial charge is 0.478 e. The van der Waals surface area contributed by atoms with Crippen molar-refractivity contribution in [3.05, 3.63) is 34.6 Å². The molecule has 0 aliphatic carbocycles. The topological polar surface area (TPSA) is 72.5 Å². The molecule has 3 N–H and O–H groups in total. The number of benzene rings is 1. The molecule has 0 saturated heterocycles. The Morgan fingerprint density at radius 2 is 2.29 bits per heavy atom. The molecule has 0 radical (unpaired) electrons. The Morgan fingerprint density at radius 1 is 1.64 bits per heavy atom. The van der Waals surface area contributed by atoms with Crippen LogP contribution in [0.4, 0.5) is 4.39 Å². The van der Waals surface area contributed by atoms with Gasteiger partial charge in [-0.2, -0.15) is 0 Å². The number of nitrogens with two attached hydrogens (primary N) is 1. The number of carbonyl (C=O) groups is 1. The molecule has 5 heteroatoms. The van der Waals surface area contributed by atoms with E-state index in [9.17, 15) is 9.18 Å². The van der Waals surface area contributed by atoms with Gasteiger partial charge in [0.25, 0.3) is 0 Å². The highest BCUT2D eigenvalue weighted by Crippen LogP contribution is 2.16. The molecule has 1 aromatic carbocycles. The Labute approximate surface area is 80.1 Å². The lowest BCUT2D eigenvalue weighted by atomic mass is 10.1. The molecule has 0 bridgehead atoms. The first-order valence-electron chi connectivity index (χ1n) is 3.90. The van der Waals surface area contributed by atoms with Crippen LogP contribution in [-0.4, -0.2) is 11.1 Å². The van der Waals surface area contributed by atoms with E-state index >= 15 is 0 Å². The van der Waals surface area contributed by atoms with Crippen molar-refractivity contribution < 1.29 is 19.1 Å². The standard InChI is InChI=1S/C9H10FNO3/c1-5-2-8(10)7(9(12)13)3-6(5)4-14-11/h2-3H,4,11H2,1H3,(H,12,13). The van der Waals surface area contributed by atoms with Crippen LogP contribution < -0.4 is 5.90 Å². The molecule has 1 rings (SSSR count). The second-order valence-corrected chi connectivity index (χ2v) is 2.87. The minimum atomic E-state index is -1.30. The van der Waals surface area contributed by atoms with Crippen LogP contribution in [0.1, 0.15) is 21.5 Å². The van der Waals surface area contributed by atoms with Crippen LogP contribution in [0.2, 0.25) is 0 Å². The summed E-state index contributed by atoms with van der Waals surface area (Å²) in [5.41, 5.74) is 0.798. The number of carboxylic acid groups (broad SMARTS) is 1. The molecule has 0 aromatic heterocycles. The number of hydrogen-bond acceptors (Lipinski definition) is 3. The monoisotopic (exact) mass is 199 g/mol. The van der Waals surface area contributed by atoms with E-state index in [2.05, 4.69) is 4.84 Å². The zero-order valence-corrected chi connectivity index (χ0v) is 7.58. The maximum absolute atomic E-state index is 13.1. The Hall–Kier alpha value is -1.46. The quantitative estimate of drug-likeness (QED) is 0.718. The van der Waals surface area contributed by atoms with E-state index in [1.807, 2.05) is 0 Å². The van der Waals surface area contributed by atoms with Crippen LogP contribution in [0.25, 0.3) is 0 Å². The molecule has 0 saturated carbocycles. The predicted octanol–water partition coefficient (Wildman–Crippen LogP) is 1.22. The normalized spacial score (nSPS) is 10.2. The van der Waals surface area contributed by atoms with Crippen LogP contribution in [0.3, 0.4) is 0 Å². The van der Waals surface area contributed by atoms with Gasteiger partial charge in [-0.25, -0.2) is 15.1 Å². The van der Waals surface area contributed by atoms with Gasteiger partial charge in [-0.1, -0.05) is 0 Å². The number of aromatic carboxylic acids is 1. The van der Waals surface area contributed by atoms with Gasteiger partial charge in [0.05, 0.1) is 12.2 Å². The van der Waals surface area contributed by atoms with E-state index in [1.165, 1.54) is 6.07 Å². The summed E-state index contributed by atoms with van der Waals surface area (Å²) in [4.78, 5) is 14.9. The lowest BCUT2D eigenvalue weighted by molar-refractivity contribution is 0.0691. The second-order valence-electron chi connectivity index (χ2n) is 2.87. The van der Waals surface area contributed by atoms with Crippen LogP contribution in [-0.2, 0) is 11.4 Å². The number of rotatable bonds is 3. The van der Waals surface area contributed by atoms with E-state index in [4.69, 9.17) is 11.0 Å². The zero-order chi connectivity index (χ0) is 10.7. The Kier molecular flexibility index (Phi) is 3.16. The molecule has 4 nitrogen and oxygen atoms in total. The highest BCUT2D eigenvalue weighted by Gasteiger charge is 2.12. The number of aryl methyl sites for hydroxylation is 1. The predicted molar refractivity (Wildman–Crippen MR) is 47.1 cm³/mol. The molecule has 0 atom stereocenters. The van der Waals surface area contributed by atoms with Crippen molar-refractivity contribution in [1.82, 2.24) is 0 Å². The highest BCUT2D eigenvalue weighted by atomic mass is 19.1. The van der Waals surface area contributed by atoms with Crippen molar-refractivity contribution in [2.45, 2.75) is 13.5 Å². The van der Waals surface area contributed by atoms with E-state index < -0.39 is 11.8 Å². The van der Waals surface area contributed by atoms with Crippen molar-refractivity contribution in [2.75, 3.05) is 0 Å². The van der Waals surface area contributed by atoms with Gasteiger partial charge in [-0.05, 0) is 30.2 Å². The third kappa shape index (κ3) is 2.07. The minimum absolute atomic E-state index is 0.0619. The van der Waals surface area contributed by atoms with Crippen molar-refractivity contribution in [1.29, 1.82) is 0 Å². The molecule has 0 amide bonds. The smallest absolute Gasteiger partial charge is 0.338 e. The summed E-state index contributed by atoms with van der Waals surface area (Å²) in [6.45, 7) is 1.72. The lowest BCUT2D eigenvalue weighted by Crippen LogP contribution is -2.06. The van der Waals surface area contributed by atoms with Gasteiger partial charge in [0.2, 0.25) is 0 Å². The van der Waals surface area contributed by atoms with Crippen LogP contribution >= 0.6 is 0 Å². The summed E-state index contributed by atoms with van der Waals surface area (Å²) in [5.74, 6) is 2.79. The third-order valence-electron chi connectivity index (χ3n) is 1.89. The summed E-state index contributed by atoms with van der Waals surface area (Å²) >= 11 is 0. The summed E-state index contributed by atoms with van der Waals surface area (Å²) in [7, 11) is 0. The van der Waals surface area contributed by atoms with Crippen LogP contribution in [0.5, 0.6) is 0 Å². The van der Waals surface area contributed by atoms with Crippen molar-refractivity contribution in [3.63, 3.8) is 0 Å². The fourth-order valence-corrected chi connectivity index (χ4v) is 1.13. The number of hydrogen-bond donors (Lipinski definition) is 2. The molecule has 0 spiro atoms. The first-order chi connectivity index (χ1) is 6.56. The molecule has 0 aliphatic rings. The summed E-state index contributed by atoms with van der Waals surface area (Å²) in [6.07, 6.45) is 0. The minimum Gasteiger partial charge on any atom is -0.478 e. The van der Waals surface area contributed by atoms with Gasteiger partial charge in [0.1, 0.15) is 5.82 Å². The number of halogens is 1. The molecule has 0 aliphatic heterocycles. The second kappa shape index (κ2) is 4.17. The molecule has 14 heavy (non-hydrogen) atoms. The fraction of sp³-hybridized carbons (Fsp3) is 0.222. The summed E-state index contributed by atoms with van der Waals surface area (Å²) in [6, 6.07) is 2.37. The summed E-state index contributed by atoms with van der Waals surface area (Å²) < 4.78 is 13.1. The van der Waals surface area contributed by atoms with Gasteiger partial charge in [-0.15, -0.1) is 0 Å².